The van der Waals surface area contributed by atoms with E-state index in [1.807, 2.05) is 43.3 Å². The molecule has 0 aliphatic heterocycles. The van der Waals surface area contributed by atoms with E-state index in [1.165, 1.54) is 0 Å². The third kappa shape index (κ3) is 3.72. The fraction of sp³-hybridized carbons (Fsp3) is 0.200. The summed E-state index contributed by atoms with van der Waals surface area (Å²) in [6.45, 7) is 2.59. The minimum atomic E-state index is 0.588. The molecule has 0 spiro atoms. The molecule has 0 unspecified atom stereocenters. The lowest BCUT2D eigenvalue weighted by Gasteiger charge is -2.11. The molecule has 0 aliphatic carbocycles. The standard InChI is InChI=1S/C15H15BrClNO/c1-10-2-4-12(16)8-15(10)19-13-5-3-11(6-7-18)14(17)9-13/h2-5,8-9H,6-7,18H2,1H3. The first-order valence-electron chi connectivity index (χ1n) is 6.02. The topological polar surface area (TPSA) is 35.2 Å². The maximum Gasteiger partial charge on any atom is 0.131 e. The number of halogens is 2. The van der Waals surface area contributed by atoms with Gasteiger partial charge in [-0.05, 0) is 55.3 Å². The van der Waals surface area contributed by atoms with Crippen molar-refractivity contribution >= 4 is 27.5 Å². The van der Waals surface area contributed by atoms with Crippen LogP contribution in [0, 0.1) is 6.92 Å². The molecule has 0 saturated carbocycles. The number of ether oxygens (including phenoxy) is 1. The van der Waals surface area contributed by atoms with Gasteiger partial charge in [0, 0.05) is 9.50 Å². The van der Waals surface area contributed by atoms with Crippen LogP contribution in [0.3, 0.4) is 0 Å². The minimum Gasteiger partial charge on any atom is -0.457 e. The molecule has 100 valence electrons. The molecule has 2 nitrogen and oxygen atoms in total. The predicted molar refractivity (Wildman–Crippen MR) is 83.2 cm³/mol. The second-order valence-corrected chi connectivity index (χ2v) is 5.63. The Labute approximate surface area is 126 Å². The van der Waals surface area contributed by atoms with Gasteiger partial charge in [0.15, 0.2) is 0 Å². The van der Waals surface area contributed by atoms with Crippen molar-refractivity contribution in [2.75, 3.05) is 6.54 Å². The zero-order valence-electron chi connectivity index (χ0n) is 10.6. The summed E-state index contributed by atoms with van der Waals surface area (Å²) < 4.78 is 6.84. The largest absolute Gasteiger partial charge is 0.457 e. The van der Waals surface area contributed by atoms with Gasteiger partial charge < -0.3 is 10.5 Å². The second-order valence-electron chi connectivity index (χ2n) is 4.30. The first kappa shape index (κ1) is 14.4. The van der Waals surface area contributed by atoms with E-state index in [0.717, 1.165) is 33.5 Å². The predicted octanol–water partition coefficient (Wildman–Crippen LogP) is 4.70. The maximum atomic E-state index is 6.20. The van der Waals surface area contributed by atoms with Crippen molar-refractivity contribution < 1.29 is 4.74 Å². The second kappa shape index (κ2) is 6.42. The molecule has 0 saturated heterocycles. The summed E-state index contributed by atoms with van der Waals surface area (Å²) in [4.78, 5) is 0. The van der Waals surface area contributed by atoms with Crippen LogP contribution in [0.4, 0.5) is 0 Å². The van der Waals surface area contributed by atoms with E-state index >= 15 is 0 Å². The van der Waals surface area contributed by atoms with Crippen molar-refractivity contribution in [1.82, 2.24) is 0 Å². The van der Waals surface area contributed by atoms with Crippen molar-refractivity contribution in [1.29, 1.82) is 0 Å². The van der Waals surface area contributed by atoms with Crippen LogP contribution in [-0.4, -0.2) is 6.54 Å². The van der Waals surface area contributed by atoms with E-state index in [2.05, 4.69) is 15.9 Å². The van der Waals surface area contributed by atoms with Gasteiger partial charge in [0.05, 0.1) is 0 Å². The van der Waals surface area contributed by atoms with Crippen LogP contribution in [0.15, 0.2) is 40.9 Å². The molecule has 2 aromatic carbocycles. The minimum absolute atomic E-state index is 0.588. The van der Waals surface area contributed by atoms with Gasteiger partial charge in [-0.15, -0.1) is 0 Å². The highest BCUT2D eigenvalue weighted by Gasteiger charge is 2.05. The van der Waals surface area contributed by atoms with Crippen molar-refractivity contribution in [3.05, 3.63) is 57.0 Å². The summed E-state index contributed by atoms with van der Waals surface area (Å²) in [6.07, 6.45) is 0.773. The molecule has 0 heterocycles. The molecule has 2 N–H and O–H groups in total. The summed E-state index contributed by atoms with van der Waals surface area (Å²) >= 11 is 9.64. The van der Waals surface area contributed by atoms with Crippen LogP contribution >= 0.6 is 27.5 Å². The summed E-state index contributed by atoms with van der Waals surface area (Å²) in [6, 6.07) is 11.6. The molecule has 0 amide bonds. The van der Waals surface area contributed by atoms with E-state index < -0.39 is 0 Å². The van der Waals surface area contributed by atoms with Crippen LogP contribution in [0.25, 0.3) is 0 Å². The highest BCUT2D eigenvalue weighted by Crippen LogP contribution is 2.30. The molecule has 2 rings (SSSR count). The molecular formula is C15H15BrClNO. The van der Waals surface area contributed by atoms with Crippen molar-refractivity contribution in [2.45, 2.75) is 13.3 Å². The van der Waals surface area contributed by atoms with Crippen LogP contribution < -0.4 is 10.5 Å². The fourth-order valence-corrected chi connectivity index (χ4v) is 2.37. The molecule has 0 fully saturated rings. The molecule has 0 radical (unpaired) electrons. The quantitative estimate of drug-likeness (QED) is 0.875. The first-order chi connectivity index (χ1) is 9.10. The molecule has 0 aliphatic rings. The SMILES string of the molecule is Cc1ccc(Br)cc1Oc1ccc(CCN)c(Cl)c1. The third-order valence-electron chi connectivity index (χ3n) is 2.82. The monoisotopic (exact) mass is 339 g/mol. The summed E-state index contributed by atoms with van der Waals surface area (Å²) in [5.74, 6) is 1.55. The lowest BCUT2D eigenvalue weighted by molar-refractivity contribution is 0.478. The lowest BCUT2D eigenvalue weighted by Crippen LogP contribution is -2.03. The number of aryl methyl sites for hydroxylation is 1. The average Bonchev–Trinajstić information content (AvgIpc) is 2.37. The van der Waals surface area contributed by atoms with Crippen LogP contribution in [0.2, 0.25) is 5.02 Å². The summed E-state index contributed by atoms with van der Waals surface area (Å²) in [5, 5.41) is 0.690. The van der Waals surface area contributed by atoms with Crippen molar-refractivity contribution in [3.63, 3.8) is 0 Å². The Morgan fingerprint density at radius 2 is 2.00 bits per heavy atom. The number of hydrogen-bond acceptors (Lipinski definition) is 2. The van der Waals surface area contributed by atoms with Gasteiger partial charge in [0.1, 0.15) is 11.5 Å². The Morgan fingerprint density at radius 3 is 2.68 bits per heavy atom. The van der Waals surface area contributed by atoms with Gasteiger partial charge in [0.2, 0.25) is 0 Å². The Hall–Kier alpha value is -1.03. The normalized spacial score (nSPS) is 10.5. The van der Waals surface area contributed by atoms with Gasteiger partial charge in [-0.3, -0.25) is 0 Å². The Bertz CT molecular complexity index is 586. The third-order valence-corrected chi connectivity index (χ3v) is 3.66. The molecule has 4 heteroatoms. The van der Waals surface area contributed by atoms with Gasteiger partial charge in [-0.25, -0.2) is 0 Å². The summed E-state index contributed by atoms with van der Waals surface area (Å²) in [7, 11) is 0. The van der Waals surface area contributed by atoms with E-state index in [-0.39, 0.29) is 0 Å². The van der Waals surface area contributed by atoms with Gasteiger partial charge in [-0.2, -0.15) is 0 Å². The van der Waals surface area contributed by atoms with Gasteiger partial charge in [0.25, 0.3) is 0 Å². The molecule has 0 bridgehead atoms. The van der Waals surface area contributed by atoms with Crippen molar-refractivity contribution in [3.8, 4) is 11.5 Å². The number of nitrogens with two attached hydrogens (primary N) is 1. The number of benzene rings is 2. The first-order valence-corrected chi connectivity index (χ1v) is 7.20. The van der Waals surface area contributed by atoms with Gasteiger partial charge >= 0.3 is 0 Å². The Balaban J connectivity index is 2.24. The summed E-state index contributed by atoms with van der Waals surface area (Å²) in [5.41, 5.74) is 7.65. The number of hydrogen-bond donors (Lipinski definition) is 1. The zero-order valence-corrected chi connectivity index (χ0v) is 13.0. The number of rotatable bonds is 4. The lowest BCUT2D eigenvalue weighted by atomic mass is 10.1. The molecule has 2 aromatic rings. The van der Waals surface area contributed by atoms with E-state index in [9.17, 15) is 0 Å². The van der Waals surface area contributed by atoms with E-state index in [4.69, 9.17) is 22.1 Å². The fourth-order valence-electron chi connectivity index (χ4n) is 1.76. The van der Waals surface area contributed by atoms with Crippen molar-refractivity contribution in [2.24, 2.45) is 5.73 Å². The van der Waals surface area contributed by atoms with E-state index in [0.29, 0.717) is 11.6 Å². The molecular weight excluding hydrogens is 326 g/mol. The van der Waals surface area contributed by atoms with Crippen LogP contribution in [0.5, 0.6) is 11.5 Å². The molecule has 19 heavy (non-hydrogen) atoms. The molecule has 0 aromatic heterocycles. The molecule has 0 atom stereocenters. The maximum absolute atomic E-state index is 6.20. The smallest absolute Gasteiger partial charge is 0.131 e. The van der Waals surface area contributed by atoms with Crippen LogP contribution in [0.1, 0.15) is 11.1 Å². The zero-order chi connectivity index (χ0) is 13.8. The van der Waals surface area contributed by atoms with E-state index in [1.54, 1.807) is 0 Å². The average molecular weight is 341 g/mol. The van der Waals surface area contributed by atoms with Crippen LogP contribution in [-0.2, 0) is 6.42 Å². The van der Waals surface area contributed by atoms with Gasteiger partial charge in [-0.1, -0.05) is 39.7 Å². The highest BCUT2D eigenvalue weighted by molar-refractivity contribution is 9.10. The Morgan fingerprint density at radius 1 is 1.21 bits per heavy atom. The Kier molecular flexibility index (Phi) is 4.86. The highest BCUT2D eigenvalue weighted by atomic mass is 79.9.